The van der Waals surface area contributed by atoms with E-state index >= 15 is 0 Å². The highest BCUT2D eigenvalue weighted by Crippen LogP contribution is 2.38. The van der Waals surface area contributed by atoms with Crippen molar-refractivity contribution in [3.63, 3.8) is 0 Å². The first-order valence-electron chi connectivity index (χ1n) is 6.68. The molecule has 1 aromatic carbocycles. The van der Waals surface area contributed by atoms with Crippen LogP contribution >= 0.6 is 11.8 Å². The molecule has 1 aliphatic heterocycles. The molecule has 1 aromatic rings. The zero-order valence-corrected chi connectivity index (χ0v) is 13.0. The van der Waals surface area contributed by atoms with Gasteiger partial charge < -0.3 is 14.7 Å². The van der Waals surface area contributed by atoms with Crippen molar-refractivity contribution in [1.29, 1.82) is 0 Å². The lowest BCUT2D eigenvalue weighted by Crippen LogP contribution is -2.43. The smallest absolute Gasteiger partial charge is 0.126 e. The lowest BCUT2D eigenvalue weighted by atomic mass is 10.0. The lowest BCUT2D eigenvalue weighted by molar-refractivity contribution is 0.194. The van der Waals surface area contributed by atoms with Crippen molar-refractivity contribution in [2.75, 3.05) is 30.9 Å². The highest BCUT2D eigenvalue weighted by atomic mass is 32.2. The largest absolute Gasteiger partial charge is 0.496 e. The Morgan fingerprint density at radius 2 is 2.16 bits per heavy atom. The van der Waals surface area contributed by atoms with Crippen LogP contribution in [0, 0.1) is 0 Å². The second kappa shape index (κ2) is 5.63. The summed E-state index contributed by atoms with van der Waals surface area (Å²) in [6, 6.07) is 5.99. The van der Waals surface area contributed by atoms with Gasteiger partial charge in [-0.1, -0.05) is 6.07 Å². The molecule has 3 nitrogen and oxygen atoms in total. The van der Waals surface area contributed by atoms with Gasteiger partial charge in [-0.05, 0) is 32.9 Å². The molecule has 0 radical (unpaired) electrons. The summed E-state index contributed by atoms with van der Waals surface area (Å²) in [6.45, 7) is 8.34. The number of rotatable bonds is 3. The number of hydrogen-bond donors (Lipinski definition) is 1. The van der Waals surface area contributed by atoms with Gasteiger partial charge in [-0.15, -0.1) is 0 Å². The summed E-state index contributed by atoms with van der Waals surface area (Å²) in [4.78, 5) is 2.36. The Hall–Kier alpha value is -0.870. The topological polar surface area (TPSA) is 32.7 Å². The molecule has 0 aromatic heterocycles. The third-order valence-corrected chi connectivity index (χ3v) is 4.74. The summed E-state index contributed by atoms with van der Waals surface area (Å²) in [5.41, 5.74) is 2.00. The normalized spacial score (nSPS) is 20.2. The zero-order chi connectivity index (χ0) is 14.0. The number of anilines is 1. The molecule has 1 aliphatic rings. The molecule has 4 heteroatoms. The molecule has 0 saturated carbocycles. The lowest BCUT2D eigenvalue weighted by Gasteiger charge is -2.40. The molecule has 2 rings (SSSR count). The molecule has 1 fully saturated rings. The number of methoxy groups -OCH3 is 1. The molecule has 0 bridgehead atoms. The predicted octanol–water partition coefficient (Wildman–Crippen LogP) is 3.08. The molecule has 0 unspecified atom stereocenters. The third-order valence-electron chi connectivity index (χ3n) is 3.45. The van der Waals surface area contributed by atoms with E-state index in [0.717, 1.165) is 35.8 Å². The quantitative estimate of drug-likeness (QED) is 0.923. The van der Waals surface area contributed by atoms with Crippen LogP contribution in [-0.4, -0.2) is 35.8 Å². The monoisotopic (exact) mass is 281 g/mol. The highest BCUT2D eigenvalue weighted by Gasteiger charge is 2.29. The molecule has 106 valence electrons. The van der Waals surface area contributed by atoms with Crippen LogP contribution in [0.1, 0.15) is 32.4 Å². The first-order valence-corrected chi connectivity index (χ1v) is 7.67. The third kappa shape index (κ3) is 3.18. The zero-order valence-electron chi connectivity index (χ0n) is 12.1. The average Bonchev–Trinajstić information content (AvgIpc) is 2.36. The minimum absolute atomic E-state index is 0.247. The molecular weight excluding hydrogens is 258 g/mol. The maximum atomic E-state index is 10.1. The fraction of sp³-hybridized carbons (Fsp3) is 0.600. The first kappa shape index (κ1) is 14.5. The summed E-state index contributed by atoms with van der Waals surface area (Å²) in [5, 5.41) is 10.1. The number of aliphatic hydroxyl groups is 1. The van der Waals surface area contributed by atoms with E-state index in [1.165, 1.54) is 0 Å². The van der Waals surface area contributed by atoms with E-state index in [9.17, 15) is 5.11 Å². The standard InChI is InChI=1S/C15H23NO2S/c1-11(17)14-12(6-5-7-13(14)18-4)16-8-9-19-15(2,3)10-16/h5-7,11,17H,8-10H2,1-4H3/t11-/m0/s1. The fourth-order valence-corrected chi connectivity index (χ4v) is 3.74. The van der Waals surface area contributed by atoms with Gasteiger partial charge in [0.05, 0.1) is 13.2 Å². The second-order valence-electron chi connectivity index (χ2n) is 5.60. The number of benzene rings is 1. The van der Waals surface area contributed by atoms with Crippen molar-refractivity contribution < 1.29 is 9.84 Å². The van der Waals surface area contributed by atoms with E-state index < -0.39 is 6.10 Å². The van der Waals surface area contributed by atoms with Crippen LogP contribution in [0.5, 0.6) is 5.75 Å². The van der Waals surface area contributed by atoms with Crippen LogP contribution in [0.25, 0.3) is 0 Å². The van der Waals surface area contributed by atoms with E-state index in [2.05, 4.69) is 24.8 Å². The van der Waals surface area contributed by atoms with E-state index in [1.807, 2.05) is 23.9 Å². The SMILES string of the molecule is COc1cccc(N2CCSC(C)(C)C2)c1[C@H](C)O. The predicted molar refractivity (Wildman–Crippen MR) is 82.4 cm³/mol. The maximum absolute atomic E-state index is 10.1. The number of ether oxygens (including phenoxy) is 1. The maximum Gasteiger partial charge on any atom is 0.126 e. The number of nitrogens with zero attached hydrogens (tertiary/aromatic N) is 1. The van der Waals surface area contributed by atoms with Gasteiger partial charge in [0.1, 0.15) is 5.75 Å². The van der Waals surface area contributed by atoms with Crippen LogP contribution < -0.4 is 9.64 Å². The highest BCUT2D eigenvalue weighted by molar-refractivity contribution is 8.00. The van der Waals surface area contributed by atoms with Crippen LogP contribution in [0.3, 0.4) is 0 Å². The van der Waals surface area contributed by atoms with Crippen molar-refractivity contribution in [2.24, 2.45) is 0 Å². The van der Waals surface area contributed by atoms with Crippen molar-refractivity contribution in [1.82, 2.24) is 0 Å². The Kier molecular flexibility index (Phi) is 4.31. The van der Waals surface area contributed by atoms with Crippen LogP contribution in [0.15, 0.2) is 18.2 Å². The van der Waals surface area contributed by atoms with Gasteiger partial charge in [-0.25, -0.2) is 0 Å². The van der Waals surface area contributed by atoms with Crippen LogP contribution in [-0.2, 0) is 0 Å². The number of aliphatic hydroxyl groups excluding tert-OH is 1. The minimum Gasteiger partial charge on any atom is -0.496 e. The van der Waals surface area contributed by atoms with E-state index in [4.69, 9.17) is 4.74 Å². The van der Waals surface area contributed by atoms with Gasteiger partial charge in [0.15, 0.2) is 0 Å². The summed E-state index contributed by atoms with van der Waals surface area (Å²) < 4.78 is 5.65. The molecule has 0 amide bonds. The van der Waals surface area contributed by atoms with Gasteiger partial charge >= 0.3 is 0 Å². The van der Waals surface area contributed by atoms with Gasteiger partial charge in [-0.3, -0.25) is 0 Å². The molecule has 0 spiro atoms. The molecule has 1 N–H and O–H groups in total. The van der Waals surface area contributed by atoms with Gasteiger partial charge in [0.2, 0.25) is 0 Å². The van der Waals surface area contributed by atoms with E-state index in [1.54, 1.807) is 14.0 Å². The summed E-state index contributed by atoms with van der Waals surface area (Å²) in [7, 11) is 1.65. The Balaban J connectivity index is 2.38. The summed E-state index contributed by atoms with van der Waals surface area (Å²) >= 11 is 2.01. The molecular formula is C15H23NO2S. The number of thioether (sulfide) groups is 1. The van der Waals surface area contributed by atoms with E-state index in [-0.39, 0.29) is 4.75 Å². The Morgan fingerprint density at radius 1 is 1.42 bits per heavy atom. The van der Waals surface area contributed by atoms with Crippen molar-refractivity contribution in [3.8, 4) is 5.75 Å². The average molecular weight is 281 g/mol. The molecule has 0 aliphatic carbocycles. The molecule has 19 heavy (non-hydrogen) atoms. The molecule has 1 atom stereocenters. The van der Waals surface area contributed by atoms with Gasteiger partial charge in [0.25, 0.3) is 0 Å². The molecule has 1 heterocycles. The molecule has 1 saturated heterocycles. The van der Waals surface area contributed by atoms with E-state index in [0.29, 0.717) is 0 Å². The Morgan fingerprint density at radius 3 is 2.74 bits per heavy atom. The second-order valence-corrected chi connectivity index (χ2v) is 7.40. The first-order chi connectivity index (χ1) is 8.94. The Bertz CT molecular complexity index is 446. The van der Waals surface area contributed by atoms with Crippen molar-refractivity contribution in [3.05, 3.63) is 23.8 Å². The van der Waals surface area contributed by atoms with Crippen molar-refractivity contribution >= 4 is 17.4 Å². The van der Waals surface area contributed by atoms with Crippen molar-refractivity contribution in [2.45, 2.75) is 31.6 Å². The summed E-state index contributed by atoms with van der Waals surface area (Å²) in [6.07, 6.45) is -0.524. The van der Waals surface area contributed by atoms with Crippen LogP contribution in [0.4, 0.5) is 5.69 Å². The number of hydrogen-bond acceptors (Lipinski definition) is 4. The summed E-state index contributed by atoms with van der Waals surface area (Å²) in [5.74, 6) is 1.88. The van der Waals surface area contributed by atoms with Crippen LogP contribution in [0.2, 0.25) is 0 Å². The van der Waals surface area contributed by atoms with Gasteiger partial charge in [0, 0.05) is 34.8 Å². The minimum atomic E-state index is -0.524. The van der Waals surface area contributed by atoms with Gasteiger partial charge in [-0.2, -0.15) is 11.8 Å². The Labute approximate surface area is 120 Å². The fourth-order valence-electron chi connectivity index (χ4n) is 2.63.